The van der Waals surface area contributed by atoms with Gasteiger partial charge < -0.3 is 25.0 Å². The molecule has 198 valence electrons. The molecular weight excluding hydrogens is 482 g/mol. The summed E-state index contributed by atoms with van der Waals surface area (Å²) in [5.74, 6) is 1.93. The Kier molecular flexibility index (Phi) is 8.25. The van der Waals surface area contributed by atoms with Crippen LogP contribution in [0.5, 0.6) is 23.1 Å². The fourth-order valence-corrected chi connectivity index (χ4v) is 4.92. The molecule has 2 aliphatic heterocycles. The maximum Gasteiger partial charge on any atom is 0.255 e. The molecule has 3 heterocycles. The molecular formula is C29H33N5O4. The van der Waals surface area contributed by atoms with E-state index >= 15 is 0 Å². The Labute approximate surface area is 222 Å². The summed E-state index contributed by atoms with van der Waals surface area (Å²) >= 11 is 0. The maximum absolute atomic E-state index is 12.5. The van der Waals surface area contributed by atoms with Gasteiger partial charge in [-0.1, -0.05) is 38.6 Å². The van der Waals surface area contributed by atoms with Crippen molar-refractivity contribution in [2.45, 2.75) is 32.7 Å². The van der Waals surface area contributed by atoms with E-state index in [0.717, 1.165) is 25.0 Å². The predicted octanol–water partition coefficient (Wildman–Crippen LogP) is 4.80. The monoisotopic (exact) mass is 515 g/mol. The van der Waals surface area contributed by atoms with Gasteiger partial charge in [-0.3, -0.25) is 9.59 Å². The summed E-state index contributed by atoms with van der Waals surface area (Å²) in [7, 11) is 0. The number of para-hydroxylation sites is 1. The quantitative estimate of drug-likeness (QED) is 0.450. The Morgan fingerprint density at radius 3 is 2.32 bits per heavy atom. The average molecular weight is 516 g/mol. The molecule has 9 heteroatoms. The lowest BCUT2D eigenvalue weighted by atomic mass is 10.00. The molecule has 0 aliphatic carbocycles. The molecule has 2 amide bonds. The Hall–Kier alpha value is -4.40. The Morgan fingerprint density at radius 2 is 1.63 bits per heavy atom. The number of hydrogen-bond donors (Lipinski definition) is 1. The summed E-state index contributed by atoms with van der Waals surface area (Å²) in [4.78, 5) is 37.6. The molecule has 2 atom stereocenters. The summed E-state index contributed by atoms with van der Waals surface area (Å²) in [6, 6.07) is 16.5. The number of nitrogens with two attached hydrogens (primary N) is 1. The van der Waals surface area contributed by atoms with Crippen molar-refractivity contribution < 1.29 is 19.1 Å². The van der Waals surface area contributed by atoms with Gasteiger partial charge in [-0.2, -0.15) is 4.98 Å². The number of carbonyl (C=O) groups is 2. The molecule has 2 saturated heterocycles. The van der Waals surface area contributed by atoms with Crippen LogP contribution in [0.15, 0.2) is 73.4 Å². The molecule has 2 unspecified atom stereocenters. The Morgan fingerprint density at radius 1 is 0.947 bits per heavy atom. The molecule has 3 aromatic rings. The maximum atomic E-state index is 12.5. The molecule has 38 heavy (non-hydrogen) atoms. The van der Waals surface area contributed by atoms with E-state index < -0.39 is 5.91 Å². The fraction of sp³-hybridized carbons (Fsp3) is 0.310. The van der Waals surface area contributed by atoms with Crippen molar-refractivity contribution in [1.29, 1.82) is 0 Å². The number of carbonyl (C=O) groups excluding carboxylic acids is 2. The first kappa shape index (κ1) is 26.7. The minimum atomic E-state index is -0.680. The normalized spacial score (nSPS) is 18.5. The SMILES string of the molecule is C.C=CC(=O)N1CC2CCCC1CN(c1ncc(C(N)=O)c(Oc3ccc(Oc4ccccc4)cc3)n1)C2. The minimum absolute atomic E-state index is 0. The molecule has 2 aromatic carbocycles. The molecule has 2 aliphatic rings. The van der Waals surface area contributed by atoms with E-state index in [1.165, 1.54) is 12.3 Å². The number of amides is 2. The number of hydrogen-bond acceptors (Lipinski definition) is 7. The van der Waals surface area contributed by atoms with E-state index in [0.29, 0.717) is 37.1 Å². The van der Waals surface area contributed by atoms with Crippen molar-refractivity contribution in [1.82, 2.24) is 14.9 Å². The van der Waals surface area contributed by atoms with E-state index in [1.807, 2.05) is 35.2 Å². The van der Waals surface area contributed by atoms with Crippen molar-refractivity contribution in [3.8, 4) is 23.1 Å². The van der Waals surface area contributed by atoms with Crippen molar-refractivity contribution in [3.63, 3.8) is 0 Å². The second-order valence-electron chi connectivity index (χ2n) is 9.29. The van der Waals surface area contributed by atoms with Crippen LogP contribution in [-0.4, -0.2) is 52.4 Å². The van der Waals surface area contributed by atoms with E-state index in [2.05, 4.69) is 21.4 Å². The number of benzene rings is 2. The molecule has 5 rings (SSSR count). The number of primary amides is 1. The lowest BCUT2D eigenvalue weighted by Crippen LogP contribution is -2.43. The van der Waals surface area contributed by atoms with Crippen LogP contribution in [0.4, 0.5) is 5.95 Å². The van der Waals surface area contributed by atoms with Crippen LogP contribution in [0.2, 0.25) is 0 Å². The highest BCUT2D eigenvalue weighted by atomic mass is 16.5. The summed E-state index contributed by atoms with van der Waals surface area (Å²) in [6.45, 7) is 5.65. The topological polar surface area (TPSA) is 111 Å². The third-order valence-corrected chi connectivity index (χ3v) is 6.72. The zero-order chi connectivity index (χ0) is 25.8. The van der Waals surface area contributed by atoms with Gasteiger partial charge in [0.25, 0.3) is 5.91 Å². The first-order valence-electron chi connectivity index (χ1n) is 12.4. The van der Waals surface area contributed by atoms with Gasteiger partial charge in [0.2, 0.25) is 17.7 Å². The van der Waals surface area contributed by atoms with E-state index in [-0.39, 0.29) is 36.7 Å². The highest BCUT2D eigenvalue weighted by Crippen LogP contribution is 2.31. The molecule has 0 saturated carbocycles. The number of aromatic nitrogens is 2. The smallest absolute Gasteiger partial charge is 0.255 e. The van der Waals surface area contributed by atoms with Gasteiger partial charge in [-0.25, -0.2) is 4.98 Å². The first-order valence-corrected chi connectivity index (χ1v) is 12.4. The van der Waals surface area contributed by atoms with Gasteiger partial charge in [0, 0.05) is 31.9 Å². The van der Waals surface area contributed by atoms with Crippen LogP contribution in [0.1, 0.15) is 37.0 Å². The lowest BCUT2D eigenvalue weighted by Gasteiger charge is -2.31. The standard InChI is InChI=1S/C28H29N5O4.CH4/c1-2-25(34)33-17-19-7-6-8-20(33)18-32(16-19)28-30-15-24(26(29)35)27(31-28)37-23-13-11-22(12-14-23)36-21-9-4-3-5-10-21;/h2-5,9-15,19-20H,1,6-8,16-18H2,(H2,29,35);1H4. The number of nitrogens with zero attached hydrogens (tertiary/aromatic N) is 4. The predicted molar refractivity (Wildman–Crippen MR) is 146 cm³/mol. The number of ether oxygens (including phenoxy) is 2. The van der Waals surface area contributed by atoms with Gasteiger partial charge in [0.15, 0.2) is 0 Å². The van der Waals surface area contributed by atoms with Gasteiger partial charge in [-0.15, -0.1) is 0 Å². The Bertz CT molecular complexity index is 1280. The molecule has 1 aromatic heterocycles. The molecule has 2 N–H and O–H groups in total. The average Bonchev–Trinajstić information content (AvgIpc) is 3.21. The summed E-state index contributed by atoms with van der Waals surface area (Å²) in [5, 5.41) is 0. The van der Waals surface area contributed by atoms with Crippen molar-refractivity contribution in [3.05, 3.63) is 79.0 Å². The zero-order valence-corrected chi connectivity index (χ0v) is 20.5. The van der Waals surface area contributed by atoms with Crippen LogP contribution < -0.4 is 20.1 Å². The van der Waals surface area contributed by atoms with Crippen molar-refractivity contribution >= 4 is 17.8 Å². The van der Waals surface area contributed by atoms with Crippen LogP contribution in [0.3, 0.4) is 0 Å². The van der Waals surface area contributed by atoms with Crippen LogP contribution in [-0.2, 0) is 4.79 Å². The molecule has 0 spiro atoms. The number of rotatable bonds is 7. The second-order valence-corrected chi connectivity index (χ2v) is 9.29. The Balaban J connectivity index is 0.00000336. The minimum Gasteiger partial charge on any atom is -0.457 e. The zero-order valence-electron chi connectivity index (χ0n) is 20.5. The van der Waals surface area contributed by atoms with Crippen LogP contribution in [0.25, 0.3) is 0 Å². The largest absolute Gasteiger partial charge is 0.457 e. The van der Waals surface area contributed by atoms with Gasteiger partial charge in [-0.05, 0) is 61.2 Å². The third-order valence-electron chi connectivity index (χ3n) is 6.72. The van der Waals surface area contributed by atoms with Gasteiger partial charge >= 0.3 is 0 Å². The highest BCUT2D eigenvalue weighted by Gasteiger charge is 2.35. The number of fused-ring (bicyclic) bond motifs is 3. The molecule has 2 bridgehead atoms. The first-order chi connectivity index (χ1) is 18.0. The van der Waals surface area contributed by atoms with Gasteiger partial charge in [0.05, 0.1) is 0 Å². The second kappa shape index (κ2) is 11.8. The van der Waals surface area contributed by atoms with Gasteiger partial charge in [0.1, 0.15) is 22.8 Å². The van der Waals surface area contributed by atoms with Crippen LogP contribution in [0, 0.1) is 5.92 Å². The van der Waals surface area contributed by atoms with Crippen LogP contribution >= 0.6 is 0 Å². The fourth-order valence-electron chi connectivity index (χ4n) is 4.92. The molecule has 9 nitrogen and oxygen atoms in total. The summed E-state index contributed by atoms with van der Waals surface area (Å²) in [5.41, 5.74) is 5.68. The summed E-state index contributed by atoms with van der Waals surface area (Å²) in [6.07, 6.45) is 5.79. The van der Waals surface area contributed by atoms with E-state index in [1.54, 1.807) is 24.3 Å². The third kappa shape index (κ3) is 5.94. The number of anilines is 1. The molecule has 2 fully saturated rings. The molecule has 0 radical (unpaired) electrons. The van der Waals surface area contributed by atoms with Crippen molar-refractivity contribution in [2.24, 2.45) is 11.7 Å². The summed E-state index contributed by atoms with van der Waals surface area (Å²) < 4.78 is 11.8. The van der Waals surface area contributed by atoms with Crippen molar-refractivity contribution in [2.75, 3.05) is 24.5 Å². The lowest BCUT2D eigenvalue weighted by molar-refractivity contribution is -0.128. The highest BCUT2D eigenvalue weighted by molar-refractivity contribution is 5.95. The van der Waals surface area contributed by atoms with E-state index in [9.17, 15) is 9.59 Å². The van der Waals surface area contributed by atoms with E-state index in [4.69, 9.17) is 15.2 Å².